The van der Waals surface area contributed by atoms with E-state index >= 15 is 0 Å². The Hall–Kier alpha value is -1.57. The van der Waals surface area contributed by atoms with Crippen LogP contribution in [0.3, 0.4) is 0 Å². The molecule has 0 unspecified atom stereocenters. The van der Waals surface area contributed by atoms with Gasteiger partial charge in [-0.1, -0.05) is 41.4 Å². The van der Waals surface area contributed by atoms with Crippen molar-refractivity contribution >= 4 is 34.1 Å². The summed E-state index contributed by atoms with van der Waals surface area (Å²) >= 11 is 12.1. The summed E-state index contributed by atoms with van der Waals surface area (Å²) in [6.07, 6.45) is 0. The normalized spacial score (nSPS) is 10.9. The van der Waals surface area contributed by atoms with Crippen LogP contribution in [0.2, 0.25) is 10.0 Å². The first-order valence-corrected chi connectivity index (χ1v) is 6.64. The van der Waals surface area contributed by atoms with E-state index in [4.69, 9.17) is 23.2 Å². The van der Waals surface area contributed by atoms with Gasteiger partial charge in [-0.3, -0.25) is 4.98 Å². The Morgan fingerprint density at radius 3 is 2.47 bits per heavy atom. The van der Waals surface area contributed by atoms with Gasteiger partial charge in [-0.25, -0.2) is 0 Å². The molecule has 93 valence electrons. The molecule has 0 bridgehead atoms. The highest BCUT2D eigenvalue weighted by Gasteiger charge is 2.07. The first-order valence-electron chi connectivity index (χ1n) is 5.88. The number of fused-ring (bicyclic) bond motifs is 1. The maximum Gasteiger partial charge on any atom is 0.0726 e. The van der Waals surface area contributed by atoms with Crippen molar-refractivity contribution in [2.75, 3.05) is 0 Å². The summed E-state index contributed by atoms with van der Waals surface area (Å²) in [5.41, 5.74) is 3.83. The first kappa shape index (κ1) is 12.5. The van der Waals surface area contributed by atoms with Crippen LogP contribution in [0.5, 0.6) is 0 Å². The zero-order valence-corrected chi connectivity index (χ0v) is 11.8. The molecule has 0 spiro atoms. The fraction of sp³-hybridized carbons (Fsp3) is 0.0625. The lowest BCUT2D eigenvalue weighted by Gasteiger charge is -2.08. The van der Waals surface area contributed by atoms with E-state index in [9.17, 15) is 0 Å². The smallest absolute Gasteiger partial charge is 0.0726 e. The van der Waals surface area contributed by atoms with Crippen LogP contribution >= 0.6 is 23.2 Å². The van der Waals surface area contributed by atoms with Gasteiger partial charge in [-0.2, -0.15) is 0 Å². The Morgan fingerprint density at radius 2 is 1.74 bits per heavy atom. The minimum absolute atomic E-state index is 0.565. The number of halogens is 2. The van der Waals surface area contributed by atoms with E-state index in [1.807, 2.05) is 43.3 Å². The highest BCUT2D eigenvalue weighted by atomic mass is 35.5. The highest BCUT2D eigenvalue weighted by molar-refractivity contribution is 6.32. The number of aromatic nitrogens is 1. The van der Waals surface area contributed by atoms with Gasteiger partial charge in [0.25, 0.3) is 0 Å². The van der Waals surface area contributed by atoms with Gasteiger partial charge in [0, 0.05) is 27.7 Å². The minimum atomic E-state index is 0.565. The largest absolute Gasteiger partial charge is 0.253 e. The van der Waals surface area contributed by atoms with Crippen molar-refractivity contribution in [3.05, 3.63) is 64.3 Å². The van der Waals surface area contributed by atoms with Crippen molar-refractivity contribution in [3.63, 3.8) is 0 Å². The van der Waals surface area contributed by atoms with Crippen LogP contribution in [0.4, 0.5) is 0 Å². The Kier molecular flexibility index (Phi) is 3.17. The number of hydrogen-bond donors (Lipinski definition) is 0. The quantitative estimate of drug-likeness (QED) is 0.590. The number of pyridine rings is 1. The minimum Gasteiger partial charge on any atom is -0.253 e. The van der Waals surface area contributed by atoms with Crippen LogP contribution < -0.4 is 0 Å². The van der Waals surface area contributed by atoms with E-state index in [0.29, 0.717) is 10.0 Å². The zero-order valence-electron chi connectivity index (χ0n) is 10.2. The third-order valence-electron chi connectivity index (χ3n) is 2.97. The average molecular weight is 287 g/mol. The molecule has 0 atom stereocenters. The molecule has 0 fully saturated rings. The van der Waals surface area contributed by atoms with Crippen LogP contribution in [0.25, 0.3) is 22.0 Å². The molecule has 19 heavy (non-hydrogen) atoms. The molecule has 0 aliphatic carbocycles. The molecule has 3 heteroatoms. The molecule has 2 aromatic carbocycles. The lowest BCUT2D eigenvalue weighted by molar-refractivity contribution is 1.26. The predicted molar refractivity (Wildman–Crippen MR) is 80.8 cm³/mol. The van der Waals surface area contributed by atoms with E-state index in [2.05, 4.69) is 17.1 Å². The van der Waals surface area contributed by atoms with Crippen molar-refractivity contribution in [3.8, 4) is 11.1 Å². The van der Waals surface area contributed by atoms with Crippen LogP contribution in [-0.4, -0.2) is 4.98 Å². The van der Waals surface area contributed by atoms with Gasteiger partial charge in [0.15, 0.2) is 0 Å². The van der Waals surface area contributed by atoms with Gasteiger partial charge >= 0.3 is 0 Å². The van der Waals surface area contributed by atoms with Crippen LogP contribution in [0.1, 0.15) is 5.69 Å². The third-order valence-corrected chi connectivity index (χ3v) is 3.43. The Labute approximate surface area is 121 Å². The zero-order chi connectivity index (χ0) is 13.4. The van der Waals surface area contributed by atoms with Crippen molar-refractivity contribution in [2.24, 2.45) is 0 Å². The second-order valence-corrected chi connectivity index (χ2v) is 5.23. The van der Waals surface area contributed by atoms with E-state index in [1.54, 1.807) is 0 Å². The maximum atomic E-state index is 6.14. The van der Waals surface area contributed by atoms with Crippen molar-refractivity contribution in [2.45, 2.75) is 6.92 Å². The third kappa shape index (κ3) is 2.44. The standard InChI is InChI=1S/C16H10Cl2N/c1-10-2-7-14-15(8-13(18)9-16(14)19-10)11-3-5-12(17)6-4-11/h2-7,9H,1H3. The predicted octanol–water partition coefficient (Wildman–Crippen LogP) is 5.32. The molecule has 0 saturated heterocycles. The average Bonchev–Trinajstić information content (AvgIpc) is 2.38. The van der Waals surface area contributed by atoms with E-state index in [-0.39, 0.29) is 0 Å². The molecule has 0 saturated carbocycles. The van der Waals surface area contributed by atoms with Crippen molar-refractivity contribution < 1.29 is 0 Å². The summed E-state index contributed by atoms with van der Waals surface area (Å²) < 4.78 is 0. The Bertz CT molecular complexity index is 743. The molecule has 0 amide bonds. The summed E-state index contributed by atoms with van der Waals surface area (Å²) in [7, 11) is 0. The number of hydrogen-bond acceptors (Lipinski definition) is 1. The van der Waals surface area contributed by atoms with Crippen molar-refractivity contribution in [1.29, 1.82) is 0 Å². The summed E-state index contributed by atoms with van der Waals surface area (Å²) in [5, 5.41) is 2.32. The van der Waals surface area contributed by atoms with Crippen LogP contribution in [-0.2, 0) is 0 Å². The molecule has 1 radical (unpaired) electrons. The van der Waals surface area contributed by atoms with Gasteiger partial charge in [-0.15, -0.1) is 0 Å². The highest BCUT2D eigenvalue weighted by Crippen LogP contribution is 2.31. The second-order valence-electron chi connectivity index (χ2n) is 4.38. The van der Waals surface area contributed by atoms with Gasteiger partial charge < -0.3 is 0 Å². The Morgan fingerprint density at radius 1 is 1.00 bits per heavy atom. The summed E-state index contributed by atoms with van der Waals surface area (Å²) in [4.78, 5) is 4.51. The monoisotopic (exact) mass is 286 g/mol. The fourth-order valence-electron chi connectivity index (χ4n) is 2.09. The molecule has 1 nitrogen and oxygen atoms in total. The number of rotatable bonds is 1. The topological polar surface area (TPSA) is 12.9 Å². The SMILES string of the molecule is Cc1ccc2c(-c3ccc(Cl)cc3)[c]c(Cl)cc2n1. The summed E-state index contributed by atoms with van der Waals surface area (Å²) in [6, 6.07) is 16.7. The molecular formula is C16H10Cl2N. The van der Waals surface area contributed by atoms with E-state index in [1.165, 1.54) is 0 Å². The number of benzene rings is 2. The van der Waals surface area contributed by atoms with E-state index < -0.39 is 0 Å². The Balaban J connectivity index is 2.30. The number of nitrogens with zero attached hydrogens (tertiary/aromatic N) is 1. The molecule has 1 aromatic heterocycles. The van der Waals surface area contributed by atoms with Crippen molar-refractivity contribution in [1.82, 2.24) is 4.98 Å². The molecular weight excluding hydrogens is 277 g/mol. The summed E-state index contributed by atoms with van der Waals surface area (Å²) in [6.45, 7) is 1.96. The van der Waals surface area contributed by atoms with Crippen LogP contribution in [0, 0.1) is 13.0 Å². The molecule has 3 aromatic rings. The molecule has 0 N–H and O–H groups in total. The van der Waals surface area contributed by atoms with Gasteiger partial charge in [0.1, 0.15) is 0 Å². The fourth-order valence-corrected chi connectivity index (χ4v) is 2.41. The molecule has 3 rings (SSSR count). The number of aryl methyl sites for hydroxylation is 1. The summed E-state index contributed by atoms with van der Waals surface area (Å²) in [5.74, 6) is 0. The van der Waals surface area contributed by atoms with Gasteiger partial charge in [0.05, 0.1) is 10.5 Å². The lowest BCUT2D eigenvalue weighted by atomic mass is 10.0. The van der Waals surface area contributed by atoms with Crippen LogP contribution in [0.15, 0.2) is 42.5 Å². The van der Waals surface area contributed by atoms with Gasteiger partial charge in [0.2, 0.25) is 0 Å². The van der Waals surface area contributed by atoms with Gasteiger partial charge in [-0.05, 0) is 36.8 Å². The lowest BCUT2D eigenvalue weighted by Crippen LogP contribution is -1.87. The van der Waals surface area contributed by atoms with E-state index in [0.717, 1.165) is 27.7 Å². The second kappa shape index (κ2) is 4.84. The molecule has 0 aliphatic rings. The first-order chi connectivity index (χ1) is 9.13. The molecule has 1 heterocycles. The maximum absolute atomic E-state index is 6.14. The molecule has 0 aliphatic heterocycles.